The third-order valence-electron chi connectivity index (χ3n) is 6.61. The molecular formula is C29H29N3O6S. The average molecular weight is 548 g/mol. The van der Waals surface area contributed by atoms with Crippen LogP contribution in [0.2, 0.25) is 0 Å². The molecule has 39 heavy (non-hydrogen) atoms. The van der Waals surface area contributed by atoms with Crippen LogP contribution >= 0.6 is 0 Å². The number of fused-ring (bicyclic) bond motifs is 1. The number of aryl methyl sites for hydroxylation is 2. The first-order valence-corrected chi connectivity index (χ1v) is 13.9. The Hall–Kier alpha value is -4.15. The number of hydrogen-bond acceptors (Lipinski definition) is 6. The van der Waals surface area contributed by atoms with E-state index in [0.717, 1.165) is 21.0 Å². The highest BCUT2D eigenvalue weighted by atomic mass is 32.2. The minimum absolute atomic E-state index is 0.0874. The van der Waals surface area contributed by atoms with Gasteiger partial charge in [0.05, 0.1) is 5.69 Å². The molecule has 0 spiro atoms. The van der Waals surface area contributed by atoms with E-state index in [2.05, 4.69) is 4.98 Å². The van der Waals surface area contributed by atoms with E-state index in [1.165, 1.54) is 4.31 Å². The Kier molecular flexibility index (Phi) is 7.40. The molecule has 9 nitrogen and oxygen atoms in total. The van der Waals surface area contributed by atoms with Crippen LogP contribution in [0.3, 0.4) is 0 Å². The number of nitrogens with zero attached hydrogens (tertiary/aromatic N) is 3. The first-order chi connectivity index (χ1) is 18.7. The SMILES string of the molecule is Cc1ccc(-c2nc(COc3ccc(CN(CC(=O)O)S(=O)(=O)N4CCc5ccccc54)cc3)c(C)o2)cc1. The predicted octanol–water partition coefficient (Wildman–Crippen LogP) is 4.73. The summed E-state index contributed by atoms with van der Waals surface area (Å²) < 4.78 is 40.9. The largest absolute Gasteiger partial charge is 0.487 e. The van der Waals surface area contributed by atoms with Gasteiger partial charge >= 0.3 is 16.2 Å². The molecule has 0 amide bonds. The van der Waals surface area contributed by atoms with E-state index in [1.807, 2.05) is 50.2 Å². The van der Waals surface area contributed by atoms with Crippen molar-refractivity contribution in [1.82, 2.24) is 9.29 Å². The number of ether oxygens (including phenoxy) is 1. The summed E-state index contributed by atoms with van der Waals surface area (Å²) in [5.74, 6) is 0.542. The lowest BCUT2D eigenvalue weighted by molar-refractivity contribution is -0.137. The molecular weight excluding hydrogens is 518 g/mol. The van der Waals surface area contributed by atoms with Gasteiger partial charge in [0.25, 0.3) is 0 Å². The second kappa shape index (κ2) is 10.9. The number of carboxylic acid groups (broad SMARTS) is 1. The summed E-state index contributed by atoms with van der Waals surface area (Å²) in [5.41, 5.74) is 4.87. The summed E-state index contributed by atoms with van der Waals surface area (Å²) in [5, 5.41) is 9.44. The van der Waals surface area contributed by atoms with E-state index < -0.39 is 22.7 Å². The van der Waals surface area contributed by atoms with Crippen molar-refractivity contribution in [2.24, 2.45) is 0 Å². The highest BCUT2D eigenvalue weighted by Gasteiger charge is 2.35. The third kappa shape index (κ3) is 5.81. The number of aromatic nitrogens is 1. The van der Waals surface area contributed by atoms with Crippen molar-refractivity contribution >= 4 is 21.9 Å². The van der Waals surface area contributed by atoms with Gasteiger partial charge in [0.1, 0.15) is 30.4 Å². The molecule has 0 radical (unpaired) electrons. The maximum Gasteiger partial charge on any atom is 0.318 e. The van der Waals surface area contributed by atoms with Gasteiger partial charge in [-0.15, -0.1) is 0 Å². The molecule has 4 aromatic rings. The number of carboxylic acids is 1. The summed E-state index contributed by atoms with van der Waals surface area (Å²) in [6.07, 6.45) is 0.583. The monoisotopic (exact) mass is 547 g/mol. The summed E-state index contributed by atoms with van der Waals surface area (Å²) >= 11 is 0. The van der Waals surface area contributed by atoms with E-state index >= 15 is 0 Å². The molecule has 0 unspecified atom stereocenters. The van der Waals surface area contributed by atoms with E-state index in [9.17, 15) is 18.3 Å². The average Bonchev–Trinajstić information content (AvgIpc) is 3.52. The smallest absolute Gasteiger partial charge is 0.318 e. The van der Waals surface area contributed by atoms with Crippen LogP contribution in [0.25, 0.3) is 11.5 Å². The number of oxazole rings is 1. The van der Waals surface area contributed by atoms with Gasteiger partial charge < -0.3 is 14.3 Å². The molecule has 0 bridgehead atoms. The van der Waals surface area contributed by atoms with Crippen molar-refractivity contribution in [3.05, 3.63) is 101 Å². The van der Waals surface area contributed by atoms with Crippen molar-refractivity contribution < 1.29 is 27.5 Å². The lowest BCUT2D eigenvalue weighted by atomic mass is 10.1. The highest BCUT2D eigenvalue weighted by molar-refractivity contribution is 7.90. The lowest BCUT2D eigenvalue weighted by Crippen LogP contribution is -2.45. The first-order valence-electron chi connectivity index (χ1n) is 12.5. The van der Waals surface area contributed by atoms with Crippen molar-refractivity contribution in [1.29, 1.82) is 0 Å². The zero-order chi connectivity index (χ0) is 27.6. The maximum atomic E-state index is 13.5. The number of aliphatic carboxylic acids is 1. The molecule has 3 aromatic carbocycles. The van der Waals surface area contributed by atoms with Crippen LogP contribution in [0.5, 0.6) is 5.75 Å². The number of para-hydroxylation sites is 1. The van der Waals surface area contributed by atoms with Gasteiger partial charge in [0.15, 0.2) is 0 Å². The fourth-order valence-corrected chi connectivity index (χ4v) is 6.10. The third-order valence-corrected chi connectivity index (χ3v) is 8.46. The van der Waals surface area contributed by atoms with Crippen LogP contribution in [0.15, 0.2) is 77.2 Å². The Morgan fingerprint density at radius 3 is 2.49 bits per heavy atom. The molecule has 202 valence electrons. The molecule has 0 saturated heterocycles. The summed E-state index contributed by atoms with van der Waals surface area (Å²) in [4.78, 5) is 16.1. The lowest BCUT2D eigenvalue weighted by Gasteiger charge is -2.28. The molecule has 0 aliphatic carbocycles. The minimum Gasteiger partial charge on any atom is -0.487 e. The van der Waals surface area contributed by atoms with E-state index in [0.29, 0.717) is 40.8 Å². The van der Waals surface area contributed by atoms with Crippen LogP contribution in [-0.4, -0.2) is 41.9 Å². The summed E-state index contributed by atoms with van der Waals surface area (Å²) in [7, 11) is -4.06. The Morgan fingerprint density at radius 2 is 1.77 bits per heavy atom. The number of carbonyl (C=O) groups is 1. The summed E-state index contributed by atoms with van der Waals surface area (Å²) in [6, 6.07) is 22.1. The maximum absolute atomic E-state index is 13.5. The Morgan fingerprint density at radius 1 is 1.05 bits per heavy atom. The van der Waals surface area contributed by atoms with E-state index in [1.54, 1.807) is 36.4 Å². The molecule has 0 saturated carbocycles. The Bertz CT molecular complexity index is 1580. The van der Waals surface area contributed by atoms with Crippen LogP contribution in [0, 0.1) is 13.8 Å². The molecule has 1 aliphatic rings. The first kappa shape index (κ1) is 26.5. The van der Waals surface area contributed by atoms with Gasteiger partial charge in [-0.25, -0.2) is 4.98 Å². The second-order valence-electron chi connectivity index (χ2n) is 9.44. The quantitative estimate of drug-likeness (QED) is 0.305. The standard InChI is InChI=1S/C29H29N3O6S/c1-20-7-11-24(12-8-20)29-30-26(21(2)38-29)19-37-25-13-9-22(10-14-25)17-31(18-28(33)34)39(35,36)32-16-15-23-5-3-4-6-27(23)32/h3-14H,15-19H2,1-2H3,(H,33,34). The molecule has 1 aromatic heterocycles. The summed E-state index contributed by atoms with van der Waals surface area (Å²) in [6.45, 7) is 3.60. The predicted molar refractivity (Wildman–Crippen MR) is 147 cm³/mol. The van der Waals surface area contributed by atoms with Gasteiger partial charge in [-0.1, -0.05) is 48.0 Å². The fourth-order valence-electron chi connectivity index (χ4n) is 4.48. The molecule has 2 heterocycles. The van der Waals surface area contributed by atoms with E-state index in [-0.39, 0.29) is 19.7 Å². The van der Waals surface area contributed by atoms with Gasteiger partial charge in [-0.2, -0.15) is 12.7 Å². The van der Waals surface area contributed by atoms with Gasteiger partial charge in [0.2, 0.25) is 5.89 Å². The number of rotatable bonds is 10. The van der Waals surface area contributed by atoms with Gasteiger partial charge in [-0.05, 0) is 61.7 Å². The van der Waals surface area contributed by atoms with Crippen LogP contribution in [0.4, 0.5) is 5.69 Å². The molecule has 0 atom stereocenters. The Labute approximate surface area is 227 Å². The van der Waals surface area contributed by atoms with Crippen molar-refractivity contribution in [2.45, 2.75) is 33.4 Å². The van der Waals surface area contributed by atoms with Crippen molar-refractivity contribution in [3.8, 4) is 17.2 Å². The fraction of sp³-hybridized carbons (Fsp3) is 0.241. The van der Waals surface area contributed by atoms with Gasteiger partial charge in [-0.3, -0.25) is 9.10 Å². The number of hydrogen-bond donors (Lipinski definition) is 1. The van der Waals surface area contributed by atoms with Gasteiger partial charge in [0, 0.05) is 18.7 Å². The topological polar surface area (TPSA) is 113 Å². The minimum atomic E-state index is -4.06. The second-order valence-corrected chi connectivity index (χ2v) is 11.3. The van der Waals surface area contributed by atoms with E-state index in [4.69, 9.17) is 9.15 Å². The Balaban J connectivity index is 1.26. The van der Waals surface area contributed by atoms with Crippen molar-refractivity contribution in [3.63, 3.8) is 0 Å². The molecule has 5 rings (SSSR count). The van der Waals surface area contributed by atoms with Crippen LogP contribution in [0.1, 0.15) is 28.1 Å². The van der Waals surface area contributed by atoms with Crippen LogP contribution < -0.4 is 9.04 Å². The number of anilines is 1. The molecule has 10 heteroatoms. The molecule has 1 aliphatic heterocycles. The van der Waals surface area contributed by atoms with Crippen molar-refractivity contribution in [2.75, 3.05) is 17.4 Å². The highest BCUT2D eigenvalue weighted by Crippen LogP contribution is 2.32. The molecule has 0 fully saturated rings. The van der Waals surface area contributed by atoms with Crippen LogP contribution in [-0.2, 0) is 34.6 Å². The zero-order valence-corrected chi connectivity index (χ0v) is 22.5. The normalized spacial score (nSPS) is 13.1. The molecule has 1 N–H and O–H groups in total. The zero-order valence-electron chi connectivity index (χ0n) is 21.7. The number of benzene rings is 3.